The van der Waals surface area contributed by atoms with Crippen molar-refractivity contribution in [3.63, 3.8) is 0 Å². The van der Waals surface area contributed by atoms with Crippen molar-refractivity contribution in [3.05, 3.63) is 63.2 Å². The molecule has 2 aromatic carbocycles. The largest absolute Gasteiger partial charge is 0.507 e. The van der Waals surface area contributed by atoms with E-state index in [1.807, 2.05) is 32.9 Å². The van der Waals surface area contributed by atoms with Gasteiger partial charge in [-0.3, -0.25) is 4.79 Å². The fraction of sp³-hybridized carbons (Fsp3) is 0.458. The molecule has 0 heterocycles. The molecule has 0 saturated carbocycles. The Hall–Kier alpha value is -2.09. The van der Waals surface area contributed by atoms with Crippen LogP contribution in [-0.4, -0.2) is 10.9 Å². The zero-order valence-electron chi connectivity index (χ0n) is 17.7. The topological polar surface area (TPSA) is 37.3 Å². The molecule has 0 radical (unpaired) electrons. The second-order valence-corrected chi connectivity index (χ2v) is 9.52. The molecule has 0 spiro atoms. The summed E-state index contributed by atoms with van der Waals surface area (Å²) in [6.45, 7) is 18.4. The van der Waals surface area contributed by atoms with Crippen molar-refractivity contribution in [2.45, 2.75) is 73.1 Å². The van der Waals surface area contributed by atoms with E-state index in [9.17, 15) is 9.90 Å². The Morgan fingerprint density at radius 2 is 1.15 bits per heavy atom. The van der Waals surface area contributed by atoms with Crippen LogP contribution in [0.2, 0.25) is 0 Å². The fourth-order valence-corrected chi connectivity index (χ4v) is 3.59. The van der Waals surface area contributed by atoms with E-state index in [1.165, 1.54) is 0 Å². The maximum absolute atomic E-state index is 13.4. The number of carbonyl (C=O) groups is 1. The molecule has 0 saturated heterocycles. The fourth-order valence-electron chi connectivity index (χ4n) is 3.59. The van der Waals surface area contributed by atoms with E-state index in [0.29, 0.717) is 11.3 Å². The van der Waals surface area contributed by atoms with Gasteiger partial charge in [-0.2, -0.15) is 0 Å². The van der Waals surface area contributed by atoms with Gasteiger partial charge in [-0.05, 0) is 54.9 Å². The van der Waals surface area contributed by atoms with Crippen LogP contribution in [0.5, 0.6) is 5.75 Å². The molecule has 140 valence electrons. The third-order valence-corrected chi connectivity index (χ3v) is 4.89. The lowest BCUT2D eigenvalue weighted by molar-refractivity contribution is 0.103. The summed E-state index contributed by atoms with van der Waals surface area (Å²) in [4.78, 5) is 13.4. The average Bonchev–Trinajstić information content (AvgIpc) is 2.43. The highest BCUT2D eigenvalue weighted by Crippen LogP contribution is 2.40. The lowest BCUT2D eigenvalue weighted by Gasteiger charge is -2.28. The van der Waals surface area contributed by atoms with Gasteiger partial charge in [0.25, 0.3) is 0 Å². The van der Waals surface area contributed by atoms with Crippen LogP contribution in [-0.2, 0) is 10.8 Å². The number of phenolic OH excluding ortho intramolecular Hbond substituents is 1. The molecule has 0 aliphatic heterocycles. The first-order chi connectivity index (χ1) is 11.7. The van der Waals surface area contributed by atoms with Gasteiger partial charge in [-0.25, -0.2) is 0 Å². The SMILES string of the molecule is Cc1cc(C)c(C(=O)c2cc(C(C)(C)C)c(O)c(C(C)(C)C)c2)c(C)c1. The number of hydrogen-bond donors (Lipinski definition) is 1. The predicted molar refractivity (Wildman–Crippen MR) is 110 cm³/mol. The highest BCUT2D eigenvalue weighted by atomic mass is 16.3. The number of carbonyl (C=O) groups excluding carboxylic acids is 1. The van der Waals surface area contributed by atoms with Crippen molar-refractivity contribution >= 4 is 5.78 Å². The Morgan fingerprint density at radius 1 is 0.769 bits per heavy atom. The van der Waals surface area contributed by atoms with E-state index in [4.69, 9.17) is 0 Å². The summed E-state index contributed by atoms with van der Waals surface area (Å²) >= 11 is 0. The molecule has 2 heteroatoms. The molecule has 0 unspecified atom stereocenters. The minimum atomic E-state index is -0.252. The van der Waals surface area contributed by atoms with Crippen molar-refractivity contribution in [1.82, 2.24) is 0 Å². The minimum Gasteiger partial charge on any atom is -0.507 e. The lowest BCUT2D eigenvalue weighted by atomic mass is 9.77. The van der Waals surface area contributed by atoms with Gasteiger partial charge in [-0.1, -0.05) is 59.2 Å². The number of aryl methyl sites for hydroxylation is 3. The van der Waals surface area contributed by atoms with Crippen LogP contribution < -0.4 is 0 Å². The van der Waals surface area contributed by atoms with Gasteiger partial charge in [0.15, 0.2) is 5.78 Å². The standard InChI is InChI=1S/C24H32O2/c1-14-10-15(2)20(16(3)11-14)21(25)17-12-18(23(4,5)6)22(26)19(13-17)24(7,8)9/h10-13,26H,1-9H3. The molecule has 0 aliphatic carbocycles. The zero-order valence-corrected chi connectivity index (χ0v) is 17.7. The van der Waals surface area contributed by atoms with Crippen LogP contribution >= 0.6 is 0 Å². The first-order valence-electron chi connectivity index (χ1n) is 9.24. The molecule has 0 amide bonds. The number of phenols is 1. The smallest absolute Gasteiger partial charge is 0.193 e. The third-order valence-electron chi connectivity index (χ3n) is 4.89. The summed E-state index contributed by atoms with van der Waals surface area (Å²) in [7, 11) is 0. The molecule has 0 bridgehead atoms. The summed E-state index contributed by atoms with van der Waals surface area (Å²) in [5.41, 5.74) is 5.69. The summed E-state index contributed by atoms with van der Waals surface area (Å²) in [5, 5.41) is 10.9. The Morgan fingerprint density at radius 3 is 1.50 bits per heavy atom. The maximum atomic E-state index is 13.4. The number of benzene rings is 2. The second kappa shape index (κ2) is 6.57. The van der Waals surface area contributed by atoms with Gasteiger partial charge >= 0.3 is 0 Å². The van der Waals surface area contributed by atoms with Gasteiger partial charge in [0.1, 0.15) is 5.75 Å². The molecule has 0 fully saturated rings. The van der Waals surface area contributed by atoms with Crippen molar-refractivity contribution in [1.29, 1.82) is 0 Å². The van der Waals surface area contributed by atoms with Gasteiger partial charge in [0, 0.05) is 22.3 Å². The second-order valence-electron chi connectivity index (χ2n) is 9.52. The predicted octanol–water partition coefficient (Wildman–Crippen LogP) is 6.14. The van der Waals surface area contributed by atoms with Gasteiger partial charge in [0.05, 0.1) is 0 Å². The van der Waals surface area contributed by atoms with E-state index in [0.717, 1.165) is 33.4 Å². The molecule has 1 N–H and O–H groups in total. The lowest BCUT2D eigenvalue weighted by Crippen LogP contribution is -2.19. The van der Waals surface area contributed by atoms with Crippen molar-refractivity contribution in [2.24, 2.45) is 0 Å². The highest BCUT2D eigenvalue weighted by Gasteiger charge is 2.28. The van der Waals surface area contributed by atoms with Crippen molar-refractivity contribution in [2.75, 3.05) is 0 Å². The minimum absolute atomic E-state index is 0.0241. The third kappa shape index (κ3) is 3.85. The molecule has 0 aromatic heterocycles. The Bertz CT molecular complexity index is 801. The molecule has 0 atom stereocenters. The molecule has 2 aromatic rings. The Balaban J connectivity index is 2.76. The van der Waals surface area contributed by atoms with Crippen LogP contribution in [0.15, 0.2) is 24.3 Å². The van der Waals surface area contributed by atoms with Crippen LogP contribution in [0.3, 0.4) is 0 Å². The van der Waals surface area contributed by atoms with Crippen molar-refractivity contribution in [3.8, 4) is 5.75 Å². The number of ketones is 1. The quantitative estimate of drug-likeness (QED) is 0.659. The van der Waals surface area contributed by atoms with E-state index >= 15 is 0 Å². The van der Waals surface area contributed by atoms with Crippen molar-refractivity contribution < 1.29 is 9.90 Å². The summed E-state index contributed by atoms with van der Waals surface area (Å²) < 4.78 is 0. The molecular weight excluding hydrogens is 320 g/mol. The maximum Gasteiger partial charge on any atom is 0.193 e. The van der Waals surface area contributed by atoms with Crippen LogP contribution in [0, 0.1) is 20.8 Å². The molecule has 26 heavy (non-hydrogen) atoms. The Kier molecular flexibility index (Phi) is 5.11. The van der Waals surface area contributed by atoms with Crippen LogP contribution in [0.25, 0.3) is 0 Å². The molecular formula is C24H32O2. The van der Waals surface area contributed by atoms with Crippen LogP contribution in [0.1, 0.15) is 85.3 Å². The number of aromatic hydroxyl groups is 1. The molecule has 0 aliphatic rings. The van der Waals surface area contributed by atoms with E-state index in [1.54, 1.807) is 0 Å². The highest BCUT2D eigenvalue weighted by molar-refractivity contribution is 6.11. The zero-order chi connectivity index (χ0) is 20.0. The summed E-state index contributed by atoms with van der Waals surface area (Å²) in [5.74, 6) is 0.329. The number of hydrogen-bond acceptors (Lipinski definition) is 2. The van der Waals surface area contributed by atoms with E-state index < -0.39 is 0 Å². The van der Waals surface area contributed by atoms with Gasteiger partial charge in [0.2, 0.25) is 0 Å². The molecule has 2 rings (SSSR count). The van der Waals surface area contributed by atoms with Crippen LogP contribution in [0.4, 0.5) is 0 Å². The molecule has 2 nitrogen and oxygen atoms in total. The number of rotatable bonds is 2. The normalized spacial score (nSPS) is 12.3. The first kappa shape index (κ1) is 20.2. The summed E-state index contributed by atoms with van der Waals surface area (Å²) in [6, 6.07) is 7.84. The van der Waals surface area contributed by atoms with Gasteiger partial charge < -0.3 is 5.11 Å². The van der Waals surface area contributed by atoms with E-state index in [-0.39, 0.29) is 16.6 Å². The monoisotopic (exact) mass is 352 g/mol. The average molecular weight is 353 g/mol. The summed E-state index contributed by atoms with van der Waals surface area (Å²) in [6.07, 6.45) is 0. The first-order valence-corrected chi connectivity index (χ1v) is 9.24. The van der Waals surface area contributed by atoms with E-state index in [2.05, 4.69) is 53.7 Å². The Labute approximate surface area is 158 Å². The van der Waals surface area contributed by atoms with Gasteiger partial charge in [-0.15, -0.1) is 0 Å².